The van der Waals surface area contributed by atoms with E-state index in [1.807, 2.05) is 17.0 Å². The largest absolute Gasteiger partial charge is 0.338 e. The summed E-state index contributed by atoms with van der Waals surface area (Å²) < 4.78 is 1.52. The van der Waals surface area contributed by atoms with Crippen molar-refractivity contribution < 1.29 is 4.79 Å². The molecule has 2 fully saturated rings. The molecule has 1 spiro atoms. The number of nitrogens with zero attached hydrogens (tertiary/aromatic N) is 4. The molecule has 0 radical (unpaired) electrons. The molecule has 2 aromatic carbocycles. The smallest absolute Gasteiger partial charge is 0.258 e. The molecule has 35 heavy (non-hydrogen) atoms. The number of aryl methyl sites for hydroxylation is 2. The van der Waals surface area contributed by atoms with Crippen LogP contribution >= 0.6 is 23.2 Å². The van der Waals surface area contributed by atoms with Crippen molar-refractivity contribution in [1.82, 2.24) is 14.7 Å². The van der Waals surface area contributed by atoms with Gasteiger partial charge in [-0.05, 0) is 66.3 Å². The maximum Gasteiger partial charge on any atom is 0.258 e. The highest BCUT2D eigenvalue weighted by Gasteiger charge is 2.59. The van der Waals surface area contributed by atoms with Gasteiger partial charge in [-0.25, -0.2) is 0 Å². The molecule has 1 aliphatic carbocycles. The molecule has 1 aromatic heterocycles. The summed E-state index contributed by atoms with van der Waals surface area (Å²) in [5.74, 6) is 0.340. The third kappa shape index (κ3) is 4.49. The Kier molecular flexibility index (Phi) is 6.21. The summed E-state index contributed by atoms with van der Waals surface area (Å²) in [6.45, 7) is 3.59. The van der Waals surface area contributed by atoms with Gasteiger partial charge in [-0.3, -0.25) is 9.48 Å². The van der Waals surface area contributed by atoms with Gasteiger partial charge in [0, 0.05) is 20.1 Å². The Hall–Kier alpha value is -3.07. The summed E-state index contributed by atoms with van der Waals surface area (Å²) in [6.07, 6.45) is 6.65. The fraction of sp³-hybridized carbons (Fsp3) is 0.321. The minimum Gasteiger partial charge on any atom is -0.338 e. The first-order valence-corrected chi connectivity index (χ1v) is 12.5. The number of hydrogen-bond donors (Lipinski definition) is 0. The first-order chi connectivity index (χ1) is 16.8. The van der Waals surface area contributed by atoms with Crippen LogP contribution in [-0.2, 0) is 13.5 Å². The number of carbonyl (C=O) groups is 1. The predicted octanol–water partition coefficient (Wildman–Crippen LogP) is 6.09. The van der Waals surface area contributed by atoms with Crippen LogP contribution in [0.2, 0.25) is 10.2 Å². The van der Waals surface area contributed by atoms with Crippen LogP contribution in [0.15, 0.2) is 54.2 Å². The second kappa shape index (κ2) is 9.18. The number of hydrogen-bond acceptors (Lipinski definition) is 3. The van der Waals surface area contributed by atoms with Gasteiger partial charge in [-0.1, -0.05) is 65.2 Å². The third-order valence-electron chi connectivity index (χ3n) is 7.53. The summed E-state index contributed by atoms with van der Waals surface area (Å²) >= 11 is 12.6. The summed E-state index contributed by atoms with van der Waals surface area (Å²) in [7, 11) is 1.74. The van der Waals surface area contributed by atoms with Crippen LogP contribution in [-0.4, -0.2) is 33.7 Å². The number of likely N-dealkylation sites (tertiary alicyclic amines) is 1. The molecule has 1 unspecified atom stereocenters. The SMILES string of the molecule is Cc1ccccc1C/C(=C\c1ccc(C#N)c(Cl)c1)C1C[C@]12CCN(C(=O)c1cnn(C)c1Cl)C2. The second-order valence-corrected chi connectivity index (χ2v) is 10.5. The van der Waals surface area contributed by atoms with Crippen LogP contribution in [0.1, 0.15) is 45.5 Å². The summed E-state index contributed by atoms with van der Waals surface area (Å²) in [4.78, 5) is 15.1. The van der Waals surface area contributed by atoms with E-state index in [0.29, 0.717) is 27.2 Å². The molecule has 5 rings (SSSR count). The number of nitriles is 1. The average molecular weight is 505 g/mol. The highest BCUT2D eigenvalue weighted by Crippen LogP contribution is 2.62. The zero-order chi connectivity index (χ0) is 24.7. The molecule has 0 N–H and O–H groups in total. The fourth-order valence-corrected chi connectivity index (χ4v) is 5.76. The molecule has 1 saturated carbocycles. The Balaban J connectivity index is 1.42. The minimum absolute atomic E-state index is 0.0473. The van der Waals surface area contributed by atoms with Crippen molar-refractivity contribution in [3.05, 3.63) is 92.2 Å². The monoisotopic (exact) mass is 504 g/mol. The lowest BCUT2D eigenvalue weighted by atomic mass is 9.91. The van der Waals surface area contributed by atoms with E-state index in [9.17, 15) is 10.1 Å². The molecular weight excluding hydrogens is 479 g/mol. The van der Waals surface area contributed by atoms with Gasteiger partial charge in [-0.2, -0.15) is 10.4 Å². The van der Waals surface area contributed by atoms with Gasteiger partial charge in [0.15, 0.2) is 0 Å². The molecule has 1 aliphatic heterocycles. The van der Waals surface area contributed by atoms with Crippen LogP contribution < -0.4 is 0 Å². The highest BCUT2D eigenvalue weighted by atomic mass is 35.5. The molecule has 2 heterocycles. The first kappa shape index (κ1) is 23.7. The van der Waals surface area contributed by atoms with Gasteiger partial charge in [0.2, 0.25) is 0 Å². The van der Waals surface area contributed by atoms with Crippen molar-refractivity contribution in [2.75, 3.05) is 13.1 Å². The zero-order valence-electron chi connectivity index (χ0n) is 19.8. The normalized spacial score (nSPS) is 21.4. The van der Waals surface area contributed by atoms with E-state index in [1.165, 1.54) is 21.4 Å². The van der Waals surface area contributed by atoms with Crippen LogP contribution in [0.5, 0.6) is 0 Å². The summed E-state index contributed by atoms with van der Waals surface area (Å²) in [5.41, 5.74) is 5.93. The lowest BCUT2D eigenvalue weighted by Gasteiger charge is -2.17. The van der Waals surface area contributed by atoms with Gasteiger partial charge in [-0.15, -0.1) is 0 Å². The van der Waals surface area contributed by atoms with Crippen LogP contribution in [0.4, 0.5) is 0 Å². The molecule has 2 aliphatic rings. The van der Waals surface area contributed by atoms with E-state index < -0.39 is 0 Å². The molecule has 1 saturated heterocycles. The highest BCUT2D eigenvalue weighted by molar-refractivity contribution is 6.33. The molecular formula is C28H26Cl2N4O. The molecule has 7 heteroatoms. The number of benzene rings is 2. The topological polar surface area (TPSA) is 61.9 Å². The Morgan fingerprint density at radius 3 is 2.77 bits per heavy atom. The predicted molar refractivity (Wildman–Crippen MR) is 138 cm³/mol. The summed E-state index contributed by atoms with van der Waals surface area (Å²) in [5, 5.41) is 14.2. The van der Waals surface area contributed by atoms with E-state index in [1.54, 1.807) is 19.3 Å². The standard InChI is InChI=1S/C28H26Cl2N4O/c1-18-5-3-4-6-20(18)13-22(11-19-7-8-21(15-31)25(29)12-19)24-14-28(24)9-10-34(17-28)27(35)23-16-32-33(2)26(23)30/h3-8,11-12,16,24H,9-10,13-14,17H2,1-2H3/b22-11+/t24?,28-/m0/s1. The van der Waals surface area contributed by atoms with Crippen molar-refractivity contribution >= 4 is 35.2 Å². The molecule has 0 bridgehead atoms. The molecule has 3 aromatic rings. The average Bonchev–Trinajstić information content (AvgIpc) is 3.20. The van der Waals surface area contributed by atoms with Gasteiger partial charge in [0.05, 0.1) is 22.3 Å². The Labute approximate surface area is 215 Å². The lowest BCUT2D eigenvalue weighted by Crippen LogP contribution is -2.29. The van der Waals surface area contributed by atoms with Crippen molar-refractivity contribution in [3.63, 3.8) is 0 Å². The van der Waals surface area contributed by atoms with Gasteiger partial charge < -0.3 is 4.90 Å². The first-order valence-electron chi connectivity index (χ1n) is 11.7. The number of rotatable bonds is 5. The number of amides is 1. The lowest BCUT2D eigenvalue weighted by molar-refractivity contribution is 0.0784. The number of halogens is 2. The maximum absolute atomic E-state index is 13.1. The van der Waals surface area contributed by atoms with E-state index in [2.05, 4.69) is 48.4 Å². The van der Waals surface area contributed by atoms with Crippen molar-refractivity contribution in [2.24, 2.45) is 18.4 Å². The molecule has 1 amide bonds. The van der Waals surface area contributed by atoms with E-state index in [-0.39, 0.29) is 11.3 Å². The Morgan fingerprint density at radius 1 is 1.29 bits per heavy atom. The zero-order valence-corrected chi connectivity index (χ0v) is 21.3. The molecule has 5 nitrogen and oxygen atoms in total. The van der Waals surface area contributed by atoms with Crippen molar-refractivity contribution in [2.45, 2.75) is 26.2 Å². The third-order valence-corrected chi connectivity index (χ3v) is 8.29. The van der Waals surface area contributed by atoms with Crippen LogP contribution in [0.3, 0.4) is 0 Å². The molecule has 2 atom stereocenters. The van der Waals surface area contributed by atoms with E-state index in [4.69, 9.17) is 23.2 Å². The van der Waals surface area contributed by atoms with Crippen LogP contribution in [0.25, 0.3) is 6.08 Å². The quantitative estimate of drug-likeness (QED) is 0.422. The Bertz CT molecular complexity index is 1390. The Morgan fingerprint density at radius 2 is 2.09 bits per heavy atom. The minimum atomic E-state index is -0.0473. The van der Waals surface area contributed by atoms with Gasteiger partial charge in [0.1, 0.15) is 11.2 Å². The second-order valence-electron chi connectivity index (χ2n) is 9.74. The van der Waals surface area contributed by atoms with Gasteiger partial charge in [0.25, 0.3) is 5.91 Å². The number of aromatic nitrogens is 2. The maximum atomic E-state index is 13.1. The number of allylic oxidation sites excluding steroid dienone is 1. The summed E-state index contributed by atoms with van der Waals surface area (Å²) in [6, 6.07) is 16.2. The van der Waals surface area contributed by atoms with Crippen LogP contribution in [0, 0.1) is 29.6 Å². The van der Waals surface area contributed by atoms with Crippen molar-refractivity contribution in [1.29, 1.82) is 5.26 Å². The molecule has 178 valence electrons. The van der Waals surface area contributed by atoms with Gasteiger partial charge >= 0.3 is 0 Å². The number of carbonyl (C=O) groups excluding carboxylic acids is 1. The van der Waals surface area contributed by atoms with Crippen molar-refractivity contribution in [3.8, 4) is 6.07 Å². The fourth-order valence-electron chi connectivity index (χ4n) is 5.36. The van der Waals surface area contributed by atoms with E-state index in [0.717, 1.165) is 37.9 Å². The van der Waals surface area contributed by atoms with E-state index >= 15 is 0 Å².